The summed E-state index contributed by atoms with van der Waals surface area (Å²) in [6.45, 7) is 1.92. The van der Waals surface area contributed by atoms with E-state index < -0.39 is 11.5 Å². The molecule has 0 radical (unpaired) electrons. The number of anilines is 1. The maximum absolute atomic E-state index is 13.9. The first-order valence-corrected chi connectivity index (χ1v) is 6.90. The third-order valence-corrected chi connectivity index (χ3v) is 4.19. The van der Waals surface area contributed by atoms with Crippen LogP contribution in [0, 0.1) is 12.7 Å². The van der Waals surface area contributed by atoms with Crippen molar-refractivity contribution in [1.82, 2.24) is 0 Å². The van der Waals surface area contributed by atoms with Crippen molar-refractivity contribution >= 4 is 11.7 Å². The number of halogens is 1. The van der Waals surface area contributed by atoms with Gasteiger partial charge in [0.25, 0.3) is 0 Å². The molecule has 2 N–H and O–H groups in total. The quantitative estimate of drug-likeness (QED) is 0.907. The third-order valence-electron chi connectivity index (χ3n) is 4.19. The van der Waals surface area contributed by atoms with Crippen LogP contribution in [0.5, 0.6) is 0 Å². The molecule has 0 aromatic heterocycles. The molecule has 0 amide bonds. The SMILES string of the molecule is Cc1ccccc1NC1(C(=O)O)CCc2c(F)cccc21. The Morgan fingerprint density at radius 2 is 2.00 bits per heavy atom. The average molecular weight is 285 g/mol. The summed E-state index contributed by atoms with van der Waals surface area (Å²) in [5.74, 6) is -1.31. The first-order valence-electron chi connectivity index (χ1n) is 6.90. The molecule has 4 heteroatoms. The molecule has 108 valence electrons. The minimum absolute atomic E-state index is 0.331. The summed E-state index contributed by atoms with van der Waals surface area (Å²) < 4.78 is 13.9. The highest BCUT2D eigenvalue weighted by atomic mass is 19.1. The number of aryl methyl sites for hydroxylation is 1. The monoisotopic (exact) mass is 285 g/mol. The minimum Gasteiger partial charge on any atom is -0.479 e. The molecular formula is C17H16FNO2. The van der Waals surface area contributed by atoms with E-state index in [1.807, 2.05) is 31.2 Å². The van der Waals surface area contributed by atoms with Crippen LogP contribution in [-0.2, 0) is 16.8 Å². The number of carbonyl (C=O) groups is 1. The summed E-state index contributed by atoms with van der Waals surface area (Å²) in [5.41, 5.74) is 1.49. The Labute approximate surface area is 122 Å². The lowest BCUT2D eigenvalue weighted by atomic mass is 9.91. The second kappa shape index (κ2) is 4.88. The van der Waals surface area contributed by atoms with E-state index in [2.05, 4.69) is 5.32 Å². The van der Waals surface area contributed by atoms with E-state index in [1.165, 1.54) is 6.07 Å². The summed E-state index contributed by atoms with van der Waals surface area (Å²) in [5, 5.41) is 12.9. The Morgan fingerprint density at radius 1 is 1.24 bits per heavy atom. The topological polar surface area (TPSA) is 49.3 Å². The maximum Gasteiger partial charge on any atom is 0.334 e. The summed E-state index contributed by atoms with van der Waals surface area (Å²) >= 11 is 0. The second-order valence-corrected chi connectivity index (χ2v) is 5.42. The van der Waals surface area contributed by atoms with Crippen LogP contribution >= 0.6 is 0 Å². The number of aliphatic carboxylic acids is 1. The lowest BCUT2D eigenvalue weighted by Gasteiger charge is -2.29. The van der Waals surface area contributed by atoms with Gasteiger partial charge in [0.15, 0.2) is 5.54 Å². The van der Waals surface area contributed by atoms with Crippen molar-refractivity contribution in [3.63, 3.8) is 0 Å². The highest BCUT2D eigenvalue weighted by Crippen LogP contribution is 2.41. The van der Waals surface area contributed by atoms with Crippen LogP contribution in [-0.4, -0.2) is 11.1 Å². The second-order valence-electron chi connectivity index (χ2n) is 5.42. The molecule has 1 aliphatic carbocycles. The van der Waals surface area contributed by atoms with Crippen LogP contribution in [0.2, 0.25) is 0 Å². The fraction of sp³-hybridized carbons (Fsp3) is 0.235. The number of nitrogens with one attached hydrogen (secondary N) is 1. The first-order chi connectivity index (χ1) is 10.0. The van der Waals surface area contributed by atoms with E-state index in [0.717, 1.165) is 11.3 Å². The number of hydrogen-bond donors (Lipinski definition) is 2. The van der Waals surface area contributed by atoms with Crippen LogP contribution in [0.4, 0.5) is 10.1 Å². The van der Waals surface area contributed by atoms with E-state index in [4.69, 9.17) is 0 Å². The Hall–Kier alpha value is -2.36. The van der Waals surface area contributed by atoms with Crippen LogP contribution < -0.4 is 5.32 Å². The molecule has 2 aromatic rings. The summed E-state index contributed by atoms with van der Waals surface area (Å²) in [7, 11) is 0. The number of rotatable bonds is 3. The van der Waals surface area contributed by atoms with E-state index in [1.54, 1.807) is 12.1 Å². The van der Waals surface area contributed by atoms with Gasteiger partial charge in [-0.15, -0.1) is 0 Å². The molecule has 2 aromatic carbocycles. The number of para-hydroxylation sites is 1. The molecule has 3 rings (SSSR count). The van der Waals surface area contributed by atoms with Crippen molar-refractivity contribution in [2.75, 3.05) is 5.32 Å². The van der Waals surface area contributed by atoms with Gasteiger partial charge in [0.1, 0.15) is 5.82 Å². The number of fused-ring (bicyclic) bond motifs is 1. The molecule has 3 nitrogen and oxygen atoms in total. The van der Waals surface area contributed by atoms with Gasteiger partial charge in [-0.3, -0.25) is 0 Å². The molecule has 0 aliphatic heterocycles. The average Bonchev–Trinajstić information content (AvgIpc) is 2.83. The van der Waals surface area contributed by atoms with E-state index in [9.17, 15) is 14.3 Å². The summed E-state index contributed by atoms with van der Waals surface area (Å²) in [6.07, 6.45) is 0.764. The smallest absolute Gasteiger partial charge is 0.334 e. The molecule has 0 saturated carbocycles. The fourth-order valence-electron chi connectivity index (χ4n) is 3.01. The van der Waals surface area contributed by atoms with Gasteiger partial charge >= 0.3 is 5.97 Å². The molecule has 0 bridgehead atoms. The lowest BCUT2D eigenvalue weighted by molar-refractivity contribution is -0.142. The zero-order valence-electron chi connectivity index (χ0n) is 11.7. The predicted molar refractivity (Wildman–Crippen MR) is 78.8 cm³/mol. The largest absolute Gasteiger partial charge is 0.479 e. The van der Waals surface area contributed by atoms with Gasteiger partial charge in [0, 0.05) is 5.69 Å². The van der Waals surface area contributed by atoms with Gasteiger partial charge in [0.05, 0.1) is 0 Å². The standard InChI is InChI=1S/C17H16FNO2/c1-11-5-2-3-8-15(11)19-17(16(20)21)10-9-12-13(17)6-4-7-14(12)18/h2-8,19H,9-10H2,1H3,(H,20,21). The zero-order valence-corrected chi connectivity index (χ0v) is 11.7. The van der Waals surface area contributed by atoms with E-state index >= 15 is 0 Å². The fourth-order valence-corrected chi connectivity index (χ4v) is 3.01. The van der Waals surface area contributed by atoms with E-state index in [0.29, 0.717) is 24.0 Å². The maximum atomic E-state index is 13.9. The van der Waals surface area contributed by atoms with Crippen molar-refractivity contribution < 1.29 is 14.3 Å². The number of hydrogen-bond acceptors (Lipinski definition) is 2. The van der Waals surface area contributed by atoms with Gasteiger partial charge in [-0.05, 0) is 48.6 Å². The Kier molecular flexibility index (Phi) is 3.16. The summed E-state index contributed by atoms with van der Waals surface area (Å²) in [4.78, 5) is 11.9. The molecular weight excluding hydrogens is 269 g/mol. The van der Waals surface area contributed by atoms with Crippen molar-refractivity contribution in [3.8, 4) is 0 Å². The number of carboxylic acid groups (broad SMARTS) is 1. The highest BCUT2D eigenvalue weighted by Gasteiger charge is 2.46. The number of benzene rings is 2. The molecule has 0 heterocycles. The molecule has 0 spiro atoms. The van der Waals surface area contributed by atoms with Crippen LogP contribution in [0.3, 0.4) is 0 Å². The van der Waals surface area contributed by atoms with E-state index in [-0.39, 0.29) is 5.82 Å². The molecule has 1 unspecified atom stereocenters. The van der Waals surface area contributed by atoms with Gasteiger partial charge in [0.2, 0.25) is 0 Å². The van der Waals surface area contributed by atoms with Gasteiger partial charge in [-0.1, -0.05) is 30.3 Å². The van der Waals surface area contributed by atoms with Crippen LogP contribution in [0.1, 0.15) is 23.1 Å². The normalized spacial score (nSPS) is 20.1. The zero-order chi connectivity index (χ0) is 15.0. The Morgan fingerprint density at radius 3 is 2.71 bits per heavy atom. The van der Waals surface area contributed by atoms with Crippen molar-refractivity contribution in [3.05, 3.63) is 65.0 Å². The van der Waals surface area contributed by atoms with Crippen molar-refractivity contribution in [1.29, 1.82) is 0 Å². The van der Waals surface area contributed by atoms with Crippen molar-refractivity contribution in [2.24, 2.45) is 0 Å². The van der Waals surface area contributed by atoms with Gasteiger partial charge in [-0.25, -0.2) is 9.18 Å². The lowest BCUT2D eigenvalue weighted by Crippen LogP contribution is -2.41. The van der Waals surface area contributed by atoms with Crippen LogP contribution in [0.25, 0.3) is 0 Å². The number of carboxylic acids is 1. The Bertz CT molecular complexity index is 714. The highest BCUT2D eigenvalue weighted by molar-refractivity contribution is 5.86. The summed E-state index contributed by atoms with van der Waals surface area (Å²) in [6, 6.07) is 12.2. The van der Waals surface area contributed by atoms with Crippen LogP contribution in [0.15, 0.2) is 42.5 Å². The molecule has 0 fully saturated rings. The molecule has 1 aliphatic rings. The predicted octanol–water partition coefficient (Wildman–Crippen LogP) is 3.47. The van der Waals surface area contributed by atoms with Gasteiger partial charge < -0.3 is 10.4 Å². The third kappa shape index (κ3) is 2.07. The molecule has 21 heavy (non-hydrogen) atoms. The van der Waals surface area contributed by atoms with Crippen molar-refractivity contribution in [2.45, 2.75) is 25.3 Å². The minimum atomic E-state index is -1.26. The Balaban J connectivity index is 2.11. The first kappa shape index (κ1) is 13.6. The van der Waals surface area contributed by atoms with Gasteiger partial charge in [-0.2, -0.15) is 0 Å². The molecule has 1 atom stereocenters. The molecule has 0 saturated heterocycles.